The highest BCUT2D eigenvalue weighted by Crippen LogP contribution is 2.31. The molecule has 2 aromatic rings. The van der Waals surface area contributed by atoms with Crippen molar-refractivity contribution in [2.75, 3.05) is 14.2 Å². The van der Waals surface area contributed by atoms with Crippen LogP contribution in [0.2, 0.25) is 5.02 Å². The van der Waals surface area contributed by atoms with Crippen LogP contribution in [0.3, 0.4) is 0 Å². The van der Waals surface area contributed by atoms with E-state index in [9.17, 15) is 14.0 Å². The maximum atomic E-state index is 13.9. The highest BCUT2D eigenvalue weighted by molar-refractivity contribution is 6.33. The molecule has 0 bridgehead atoms. The standard InChI is InChI=1S/C18H17ClFNO5/c1-25-14-7-6-10(8-15(14)26-2)13(9-16(22)23)21-18(24)17-11(19)4-3-5-12(17)20/h3-8,13H,9H2,1-2H3,(H,21,24)(H,22,23)/t13-/m1/s1. The van der Waals surface area contributed by atoms with Gasteiger partial charge < -0.3 is 19.9 Å². The van der Waals surface area contributed by atoms with E-state index in [1.54, 1.807) is 18.2 Å². The number of carbonyl (C=O) groups is 2. The van der Waals surface area contributed by atoms with Gasteiger partial charge in [-0.1, -0.05) is 23.7 Å². The number of benzene rings is 2. The number of methoxy groups -OCH3 is 2. The molecule has 0 aromatic heterocycles. The summed E-state index contributed by atoms with van der Waals surface area (Å²) in [6, 6.07) is 7.66. The lowest BCUT2D eigenvalue weighted by Gasteiger charge is -2.19. The van der Waals surface area contributed by atoms with Crippen molar-refractivity contribution in [3.05, 3.63) is 58.4 Å². The second-order valence-corrected chi connectivity index (χ2v) is 5.74. The summed E-state index contributed by atoms with van der Waals surface area (Å²) in [7, 11) is 2.90. The molecule has 0 spiro atoms. The number of halogens is 2. The largest absolute Gasteiger partial charge is 0.493 e. The summed E-state index contributed by atoms with van der Waals surface area (Å²) in [5.74, 6) is -1.91. The third-order valence-corrected chi connectivity index (χ3v) is 4.00. The predicted molar refractivity (Wildman–Crippen MR) is 93.4 cm³/mol. The van der Waals surface area contributed by atoms with E-state index < -0.39 is 30.2 Å². The third-order valence-electron chi connectivity index (χ3n) is 3.68. The van der Waals surface area contributed by atoms with Gasteiger partial charge >= 0.3 is 5.97 Å². The minimum Gasteiger partial charge on any atom is -0.493 e. The molecule has 8 heteroatoms. The van der Waals surface area contributed by atoms with Crippen molar-refractivity contribution in [2.45, 2.75) is 12.5 Å². The highest BCUT2D eigenvalue weighted by Gasteiger charge is 2.23. The maximum absolute atomic E-state index is 13.9. The van der Waals surface area contributed by atoms with Crippen LogP contribution in [0.5, 0.6) is 11.5 Å². The van der Waals surface area contributed by atoms with E-state index in [0.29, 0.717) is 17.1 Å². The van der Waals surface area contributed by atoms with Crippen molar-refractivity contribution in [3.63, 3.8) is 0 Å². The second kappa shape index (κ2) is 8.53. The van der Waals surface area contributed by atoms with Gasteiger partial charge in [-0.15, -0.1) is 0 Å². The molecule has 0 radical (unpaired) electrons. The van der Waals surface area contributed by atoms with Crippen LogP contribution in [-0.2, 0) is 4.79 Å². The Morgan fingerprint density at radius 1 is 1.19 bits per heavy atom. The van der Waals surface area contributed by atoms with E-state index in [4.69, 9.17) is 26.2 Å². The summed E-state index contributed by atoms with van der Waals surface area (Å²) in [6.45, 7) is 0. The number of aliphatic carboxylic acids is 1. The normalized spacial score (nSPS) is 11.5. The first kappa shape index (κ1) is 19.5. The van der Waals surface area contributed by atoms with Gasteiger partial charge in [-0.25, -0.2) is 4.39 Å². The molecule has 0 heterocycles. The molecule has 0 saturated heterocycles. The van der Waals surface area contributed by atoms with Crippen molar-refractivity contribution < 1.29 is 28.6 Å². The SMILES string of the molecule is COc1ccc([C@@H](CC(=O)O)NC(=O)c2c(F)cccc2Cl)cc1OC. The number of hydrogen-bond donors (Lipinski definition) is 2. The Morgan fingerprint density at radius 2 is 1.88 bits per heavy atom. The van der Waals surface area contributed by atoms with Crippen LogP contribution in [0.15, 0.2) is 36.4 Å². The van der Waals surface area contributed by atoms with Crippen molar-refractivity contribution in [2.24, 2.45) is 0 Å². The molecule has 2 N–H and O–H groups in total. The summed E-state index contributed by atoms with van der Waals surface area (Å²) in [6.07, 6.45) is -0.409. The molecule has 0 aliphatic carbocycles. The quantitative estimate of drug-likeness (QED) is 0.767. The van der Waals surface area contributed by atoms with Gasteiger partial charge in [0.2, 0.25) is 0 Å². The van der Waals surface area contributed by atoms with Crippen molar-refractivity contribution in [3.8, 4) is 11.5 Å². The van der Waals surface area contributed by atoms with Gasteiger partial charge in [-0.2, -0.15) is 0 Å². The molecular formula is C18H17ClFNO5. The molecule has 0 saturated carbocycles. The molecule has 138 valence electrons. The summed E-state index contributed by atoms with van der Waals surface area (Å²) >= 11 is 5.89. The number of rotatable bonds is 7. The fourth-order valence-electron chi connectivity index (χ4n) is 2.44. The zero-order valence-electron chi connectivity index (χ0n) is 14.1. The topological polar surface area (TPSA) is 84.9 Å². The Kier molecular flexibility index (Phi) is 6.41. The average molecular weight is 382 g/mol. The zero-order chi connectivity index (χ0) is 19.3. The average Bonchev–Trinajstić information content (AvgIpc) is 2.60. The molecule has 1 atom stereocenters. The number of nitrogens with one attached hydrogen (secondary N) is 1. The van der Waals surface area contributed by atoms with Gasteiger partial charge in [-0.05, 0) is 29.8 Å². The summed E-state index contributed by atoms with van der Waals surface area (Å²) in [5, 5.41) is 11.6. The van der Waals surface area contributed by atoms with Gasteiger partial charge in [0.25, 0.3) is 5.91 Å². The Hall–Kier alpha value is -2.80. The van der Waals surface area contributed by atoms with Crippen molar-refractivity contribution >= 4 is 23.5 Å². The van der Waals surface area contributed by atoms with Gasteiger partial charge in [-0.3, -0.25) is 9.59 Å². The van der Waals surface area contributed by atoms with Gasteiger partial charge in [0, 0.05) is 0 Å². The molecule has 0 unspecified atom stereocenters. The molecule has 26 heavy (non-hydrogen) atoms. The van der Waals surface area contributed by atoms with Gasteiger partial charge in [0.1, 0.15) is 5.82 Å². The molecule has 2 rings (SSSR count). The minimum atomic E-state index is -1.13. The summed E-state index contributed by atoms with van der Waals surface area (Å²) in [5.41, 5.74) is 0.121. The van der Waals surface area contributed by atoms with Crippen LogP contribution >= 0.6 is 11.6 Å². The van der Waals surface area contributed by atoms with Crippen LogP contribution in [0.25, 0.3) is 0 Å². The van der Waals surface area contributed by atoms with E-state index in [0.717, 1.165) is 6.07 Å². The lowest BCUT2D eigenvalue weighted by molar-refractivity contribution is -0.137. The van der Waals surface area contributed by atoms with Crippen LogP contribution in [0.1, 0.15) is 28.4 Å². The fraction of sp³-hybridized carbons (Fsp3) is 0.222. The van der Waals surface area contributed by atoms with Crippen LogP contribution < -0.4 is 14.8 Å². The summed E-state index contributed by atoms with van der Waals surface area (Å²) in [4.78, 5) is 23.6. The lowest BCUT2D eigenvalue weighted by Crippen LogP contribution is -2.31. The van der Waals surface area contributed by atoms with E-state index in [-0.39, 0.29) is 10.6 Å². The lowest BCUT2D eigenvalue weighted by atomic mass is 10.0. The molecular weight excluding hydrogens is 365 g/mol. The molecule has 2 aromatic carbocycles. The first-order valence-electron chi connectivity index (χ1n) is 7.56. The van der Waals surface area contributed by atoms with E-state index in [1.165, 1.54) is 26.4 Å². The van der Waals surface area contributed by atoms with E-state index >= 15 is 0 Å². The van der Waals surface area contributed by atoms with Crippen LogP contribution in [0.4, 0.5) is 4.39 Å². The smallest absolute Gasteiger partial charge is 0.305 e. The Labute approximate surface area is 154 Å². The maximum Gasteiger partial charge on any atom is 0.305 e. The fourth-order valence-corrected chi connectivity index (χ4v) is 2.69. The van der Waals surface area contributed by atoms with Gasteiger partial charge in [0.15, 0.2) is 11.5 Å². The molecule has 1 amide bonds. The number of hydrogen-bond acceptors (Lipinski definition) is 4. The Bertz CT molecular complexity index is 807. The number of carboxylic acid groups (broad SMARTS) is 1. The Morgan fingerprint density at radius 3 is 2.46 bits per heavy atom. The van der Waals surface area contributed by atoms with Crippen molar-refractivity contribution in [1.29, 1.82) is 0 Å². The number of ether oxygens (including phenoxy) is 2. The van der Waals surface area contributed by atoms with E-state index in [2.05, 4.69) is 5.32 Å². The Balaban J connectivity index is 2.36. The number of amides is 1. The zero-order valence-corrected chi connectivity index (χ0v) is 14.8. The monoisotopic (exact) mass is 381 g/mol. The first-order chi connectivity index (χ1) is 12.4. The molecule has 0 aliphatic rings. The number of carboxylic acids is 1. The molecule has 6 nitrogen and oxygen atoms in total. The predicted octanol–water partition coefficient (Wildman–Crippen LogP) is 3.44. The van der Waals surface area contributed by atoms with Gasteiger partial charge in [0.05, 0.1) is 37.3 Å². The molecule has 0 aliphatic heterocycles. The van der Waals surface area contributed by atoms with Crippen LogP contribution in [-0.4, -0.2) is 31.2 Å². The minimum absolute atomic E-state index is 0.0658. The summed E-state index contributed by atoms with van der Waals surface area (Å²) < 4.78 is 24.3. The number of carbonyl (C=O) groups excluding carboxylic acids is 1. The van der Waals surface area contributed by atoms with Crippen molar-refractivity contribution in [1.82, 2.24) is 5.32 Å². The first-order valence-corrected chi connectivity index (χ1v) is 7.93. The van der Waals surface area contributed by atoms with E-state index in [1.807, 2.05) is 0 Å². The molecule has 0 fully saturated rings. The van der Waals surface area contributed by atoms with Crippen LogP contribution in [0, 0.1) is 5.82 Å². The third kappa shape index (κ3) is 4.43. The second-order valence-electron chi connectivity index (χ2n) is 5.33. The highest BCUT2D eigenvalue weighted by atomic mass is 35.5.